The fraction of sp³-hybridized carbons (Fsp3) is 0.300. The Bertz CT molecular complexity index is 520. The van der Waals surface area contributed by atoms with Crippen molar-refractivity contribution in [3.05, 3.63) is 28.8 Å². The van der Waals surface area contributed by atoms with Crippen LogP contribution in [0.3, 0.4) is 0 Å². The molecule has 2 aromatic heterocycles. The van der Waals surface area contributed by atoms with Gasteiger partial charge in [-0.2, -0.15) is 5.10 Å². The van der Waals surface area contributed by atoms with E-state index in [0.29, 0.717) is 16.7 Å². The molecule has 0 aromatic carbocycles. The van der Waals surface area contributed by atoms with Crippen molar-refractivity contribution in [2.24, 2.45) is 0 Å². The third kappa shape index (κ3) is 1.74. The highest BCUT2D eigenvalue weighted by Gasteiger charge is 2.11. The minimum atomic E-state index is 0.652. The van der Waals surface area contributed by atoms with Crippen LogP contribution in [0.1, 0.15) is 11.4 Å². The van der Waals surface area contributed by atoms with Gasteiger partial charge in [-0.3, -0.25) is 4.98 Å². The van der Waals surface area contributed by atoms with Gasteiger partial charge in [0, 0.05) is 7.05 Å². The summed E-state index contributed by atoms with van der Waals surface area (Å²) in [4.78, 5) is 8.43. The van der Waals surface area contributed by atoms with Crippen LogP contribution in [0.5, 0.6) is 0 Å². The highest BCUT2D eigenvalue weighted by atomic mass is 35.5. The van der Waals surface area contributed by atoms with Crippen LogP contribution in [0.2, 0.25) is 5.02 Å². The Labute approximate surface area is 98.5 Å². The first-order valence-electron chi connectivity index (χ1n) is 4.85. The lowest BCUT2D eigenvalue weighted by Crippen LogP contribution is -2.04. The number of hydrogen-bond acceptors (Lipinski definition) is 4. The number of aromatic nitrogens is 4. The summed E-state index contributed by atoms with van der Waals surface area (Å²) in [6, 6.07) is 0. The van der Waals surface area contributed by atoms with Crippen molar-refractivity contribution in [2.45, 2.75) is 13.8 Å². The SMILES string of the molecule is CNc1cncc(-n2nc(C)c(Cl)c2C)n1. The first kappa shape index (κ1) is 10.9. The molecule has 0 aliphatic carbocycles. The highest BCUT2D eigenvalue weighted by molar-refractivity contribution is 6.31. The Morgan fingerprint density at radius 1 is 1.31 bits per heavy atom. The lowest BCUT2D eigenvalue weighted by Gasteiger charge is -2.04. The van der Waals surface area contributed by atoms with Gasteiger partial charge in [-0.1, -0.05) is 11.6 Å². The molecule has 0 amide bonds. The Hall–Kier alpha value is -1.62. The van der Waals surface area contributed by atoms with Crippen LogP contribution in [-0.4, -0.2) is 26.8 Å². The highest BCUT2D eigenvalue weighted by Crippen LogP contribution is 2.21. The van der Waals surface area contributed by atoms with E-state index in [9.17, 15) is 0 Å². The van der Waals surface area contributed by atoms with Crippen LogP contribution in [0.4, 0.5) is 5.82 Å². The van der Waals surface area contributed by atoms with E-state index >= 15 is 0 Å². The number of aryl methyl sites for hydroxylation is 1. The van der Waals surface area contributed by atoms with Crippen LogP contribution < -0.4 is 5.32 Å². The Morgan fingerprint density at radius 2 is 2.06 bits per heavy atom. The molecule has 0 unspecified atom stereocenters. The zero-order valence-corrected chi connectivity index (χ0v) is 10.1. The summed E-state index contributed by atoms with van der Waals surface area (Å²) in [5.74, 6) is 1.35. The lowest BCUT2D eigenvalue weighted by atomic mass is 10.4. The average molecular weight is 238 g/mol. The molecule has 0 saturated carbocycles. The van der Waals surface area contributed by atoms with Gasteiger partial charge in [0.25, 0.3) is 0 Å². The molecule has 0 radical (unpaired) electrons. The van der Waals surface area contributed by atoms with Gasteiger partial charge >= 0.3 is 0 Å². The van der Waals surface area contributed by atoms with Crippen LogP contribution in [0, 0.1) is 13.8 Å². The smallest absolute Gasteiger partial charge is 0.174 e. The molecule has 1 N–H and O–H groups in total. The van der Waals surface area contributed by atoms with Crippen molar-refractivity contribution in [1.82, 2.24) is 19.7 Å². The molecule has 0 fully saturated rings. The zero-order valence-electron chi connectivity index (χ0n) is 9.32. The normalized spacial score (nSPS) is 10.5. The molecule has 2 rings (SSSR count). The van der Waals surface area contributed by atoms with Crippen molar-refractivity contribution in [1.29, 1.82) is 0 Å². The summed E-state index contributed by atoms with van der Waals surface area (Å²) in [5.41, 5.74) is 1.65. The Kier molecular flexibility index (Phi) is 2.78. The molecular formula is C10H12ClN5. The minimum Gasteiger partial charge on any atom is -0.372 e. The van der Waals surface area contributed by atoms with E-state index in [-0.39, 0.29) is 0 Å². The largest absolute Gasteiger partial charge is 0.372 e. The predicted molar refractivity (Wildman–Crippen MR) is 63.2 cm³/mol. The molecule has 6 heteroatoms. The molecule has 5 nitrogen and oxygen atoms in total. The predicted octanol–water partition coefficient (Wildman–Crippen LogP) is 1.97. The Morgan fingerprint density at radius 3 is 2.62 bits per heavy atom. The molecule has 0 aliphatic heterocycles. The molecule has 0 atom stereocenters. The maximum absolute atomic E-state index is 6.07. The zero-order chi connectivity index (χ0) is 11.7. The number of rotatable bonds is 2. The van der Waals surface area contributed by atoms with Gasteiger partial charge in [-0.15, -0.1) is 0 Å². The standard InChI is InChI=1S/C10H12ClN5/c1-6-10(11)7(2)16(15-6)9-5-13-4-8(12-3)14-9/h4-5H,1-3H3,(H,12,14). The van der Waals surface area contributed by atoms with Crippen molar-refractivity contribution in [3.8, 4) is 5.82 Å². The number of nitrogens with one attached hydrogen (secondary N) is 1. The quantitative estimate of drug-likeness (QED) is 0.868. The van der Waals surface area contributed by atoms with E-state index in [4.69, 9.17) is 11.6 Å². The first-order valence-corrected chi connectivity index (χ1v) is 5.23. The van der Waals surface area contributed by atoms with Gasteiger partial charge in [0.1, 0.15) is 5.82 Å². The molecule has 0 spiro atoms. The van der Waals surface area contributed by atoms with Crippen molar-refractivity contribution in [3.63, 3.8) is 0 Å². The van der Waals surface area contributed by atoms with E-state index in [2.05, 4.69) is 20.4 Å². The maximum Gasteiger partial charge on any atom is 0.174 e. The Balaban J connectivity index is 2.54. The van der Waals surface area contributed by atoms with Gasteiger partial charge in [0.15, 0.2) is 5.82 Å². The summed E-state index contributed by atoms with van der Waals surface area (Å²) in [6.45, 7) is 3.76. The monoisotopic (exact) mass is 237 g/mol. The lowest BCUT2D eigenvalue weighted by molar-refractivity contribution is 0.800. The molecule has 16 heavy (non-hydrogen) atoms. The molecule has 84 valence electrons. The fourth-order valence-electron chi connectivity index (χ4n) is 1.42. The van der Waals surface area contributed by atoms with Crippen LogP contribution in [-0.2, 0) is 0 Å². The molecule has 0 aliphatic rings. The van der Waals surface area contributed by atoms with Crippen LogP contribution in [0.15, 0.2) is 12.4 Å². The van der Waals surface area contributed by atoms with Crippen LogP contribution in [0.25, 0.3) is 5.82 Å². The molecule has 2 aromatic rings. The first-order chi connectivity index (χ1) is 7.63. The van der Waals surface area contributed by atoms with Crippen molar-refractivity contribution < 1.29 is 0 Å². The number of halogens is 1. The minimum absolute atomic E-state index is 0.652. The van der Waals surface area contributed by atoms with Gasteiger partial charge in [-0.25, -0.2) is 9.67 Å². The average Bonchev–Trinajstić information content (AvgIpc) is 2.57. The van der Waals surface area contributed by atoms with E-state index in [1.54, 1.807) is 24.1 Å². The molecular weight excluding hydrogens is 226 g/mol. The summed E-state index contributed by atoms with van der Waals surface area (Å²) in [6.07, 6.45) is 3.30. The summed E-state index contributed by atoms with van der Waals surface area (Å²) in [5, 5.41) is 7.90. The third-order valence-electron chi connectivity index (χ3n) is 2.30. The van der Waals surface area contributed by atoms with E-state index < -0.39 is 0 Å². The topological polar surface area (TPSA) is 55.6 Å². The van der Waals surface area contributed by atoms with E-state index in [0.717, 1.165) is 11.4 Å². The van der Waals surface area contributed by atoms with Gasteiger partial charge in [0.2, 0.25) is 0 Å². The van der Waals surface area contributed by atoms with Gasteiger partial charge in [0.05, 0.1) is 28.8 Å². The molecule has 0 bridgehead atoms. The summed E-state index contributed by atoms with van der Waals surface area (Å²) >= 11 is 6.07. The summed E-state index contributed by atoms with van der Waals surface area (Å²) in [7, 11) is 1.79. The maximum atomic E-state index is 6.07. The third-order valence-corrected chi connectivity index (χ3v) is 2.84. The summed E-state index contributed by atoms with van der Waals surface area (Å²) < 4.78 is 1.69. The second kappa shape index (κ2) is 4.09. The fourth-order valence-corrected chi connectivity index (χ4v) is 1.54. The second-order valence-corrected chi connectivity index (χ2v) is 3.79. The number of anilines is 1. The second-order valence-electron chi connectivity index (χ2n) is 3.41. The van der Waals surface area contributed by atoms with E-state index in [1.807, 2.05) is 13.8 Å². The number of nitrogens with zero attached hydrogens (tertiary/aromatic N) is 4. The van der Waals surface area contributed by atoms with Crippen molar-refractivity contribution >= 4 is 17.4 Å². The molecule has 0 saturated heterocycles. The van der Waals surface area contributed by atoms with Crippen molar-refractivity contribution in [2.75, 3.05) is 12.4 Å². The van der Waals surface area contributed by atoms with Gasteiger partial charge < -0.3 is 5.32 Å². The molecule has 2 heterocycles. The number of hydrogen-bond donors (Lipinski definition) is 1. The van der Waals surface area contributed by atoms with Gasteiger partial charge in [-0.05, 0) is 13.8 Å². The van der Waals surface area contributed by atoms with Crippen LogP contribution >= 0.6 is 11.6 Å². The van der Waals surface area contributed by atoms with E-state index in [1.165, 1.54) is 0 Å².